The van der Waals surface area contributed by atoms with Gasteiger partial charge in [0.25, 0.3) is 0 Å². The van der Waals surface area contributed by atoms with E-state index in [-0.39, 0.29) is 0 Å². The quantitative estimate of drug-likeness (QED) is 0.527. The Morgan fingerprint density at radius 1 is 1.42 bits per heavy atom. The molecule has 0 aliphatic carbocycles. The second kappa shape index (κ2) is 5.02. The highest BCUT2D eigenvalue weighted by atomic mass is 32.1. The number of hydrogen-bond acceptors (Lipinski definition) is 4. The number of ether oxygens (including phenoxy) is 2. The molecule has 0 fully saturated rings. The lowest BCUT2D eigenvalue weighted by atomic mass is 10.6. The Kier molecular flexibility index (Phi) is 3.92. The van der Waals surface area contributed by atoms with Crippen molar-refractivity contribution in [2.24, 2.45) is 0 Å². The summed E-state index contributed by atoms with van der Waals surface area (Å²) in [4.78, 5) is 3.95. The van der Waals surface area contributed by atoms with Gasteiger partial charge in [0.1, 0.15) is 12.4 Å². The topological polar surface area (TPSA) is 62.9 Å². The smallest absolute Gasteiger partial charge is 0.213 e. The first-order valence-electron chi connectivity index (χ1n) is 3.53. The summed E-state index contributed by atoms with van der Waals surface area (Å²) in [5.41, 5.74) is 0. The van der Waals surface area contributed by atoms with E-state index < -0.39 is 0 Å². The lowest BCUT2D eigenvalue weighted by Crippen LogP contribution is -2.02. The highest BCUT2D eigenvalue weighted by Gasteiger charge is 1.94. The van der Waals surface area contributed by atoms with E-state index in [9.17, 15) is 0 Å². The molecule has 0 bridgehead atoms. The Morgan fingerprint density at radius 2 is 2.25 bits per heavy atom. The first kappa shape index (κ1) is 9.37. The van der Waals surface area contributed by atoms with Gasteiger partial charge in [-0.3, -0.25) is 10.2 Å². The summed E-state index contributed by atoms with van der Waals surface area (Å²) in [5, 5.41) is 5.45. The minimum atomic E-state index is 0.427. The van der Waals surface area contributed by atoms with Gasteiger partial charge in [0.15, 0.2) is 0 Å². The van der Waals surface area contributed by atoms with Gasteiger partial charge in [-0.15, -0.1) is 0 Å². The fraction of sp³-hybridized carbons (Fsp3) is 0.667. The Bertz CT molecular complexity index is 270. The van der Waals surface area contributed by atoms with Crippen molar-refractivity contribution in [1.29, 1.82) is 0 Å². The van der Waals surface area contributed by atoms with Gasteiger partial charge in [-0.1, -0.05) is 0 Å². The average Bonchev–Trinajstić information content (AvgIpc) is 2.45. The molecule has 0 unspecified atom stereocenters. The van der Waals surface area contributed by atoms with Crippen LogP contribution in [0.5, 0.6) is 0 Å². The summed E-state index contributed by atoms with van der Waals surface area (Å²) in [5.74, 6) is 0.705. The number of methoxy groups -OCH3 is 1. The Balaban J connectivity index is 2.20. The Hall–Kier alpha value is -0.720. The fourth-order valence-corrected chi connectivity index (χ4v) is 0.845. The molecule has 12 heavy (non-hydrogen) atoms. The van der Waals surface area contributed by atoms with Crippen molar-refractivity contribution in [1.82, 2.24) is 15.2 Å². The molecule has 0 saturated heterocycles. The van der Waals surface area contributed by atoms with Gasteiger partial charge in [-0.05, 0) is 12.2 Å². The summed E-state index contributed by atoms with van der Waals surface area (Å²) < 4.78 is 10.4. The normalized spacial score (nSPS) is 10.4. The third-order valence-corrected chi connectivity index (χ3v) is 1.41. The summed E-state index contributed by atoms with van der Waals surface area (Å²) in [6, 6.07) is 0. The molecule has 0 radical (unpaired) electrons. The van der Waals surface area contributed by atoms with Crippen LogP contribution in [0.4, 0.5) is 0 Å². The molecule has 0 saturated carbocycles. The molecular weight excluding hydrogens is 178 g/mol. The van der Waals surface area contributed by atoms with Crippen molar-refractivity contribution in [3.05, 3.63) is 10.6 Å². The third-order valence-electron chi connectivity index (χ3n) is 1.22. The van der Waals surface area contributed by atoms with Gasteiger partial charge in [-0.25, -0.2) is 4.98 Å². The molecule has 0 spiro atoms. The van der Waals surface area contributed by atoms with Crippen LogP contribution >= 0.6 is 12.2 Å². The van der Waals surface area contributed by atoms with Gasteiger partial charge in [0.05, 0.1) is 13.2 Å². The number of rotatable bonds is 5. The largest absolute Gasteiger partial charge is 0.382 e. The van der Waals surface area contributed by atoms with Crippen LogP contribution in [0.15, 0.2) is 0 Å². The van der Waals surface area contributed by atoms with E-state index in [1.165, 1.54) is 0 Å². The number of hydrogen-bond donors (Lipinski definition) is 2. The van der Waals surface area contributed by atoms with Gasteiger partial charge < -0.3 is 9.47 Å². The first-order valence-corrected chi connectivity index (χ1v) is 3.94. The maximum atomic E-state index is 5.19. The average molecular weight is 189 g/mol. The van der Waals surface area contributed by atoms with Crippen molar-refractivity contribution in [3.8, 4) is 0 Å². The number of nitrogens with zero attached hydrogens (tertiary/aromatic N) is 1. The van der Waals surface area contributed by atoms with E-state index in [0.717, 1.165) is 0 Å². The molecule has 1 rings (SSSR count). The van der Waals surface area contributed by atoms with Crippen LogP contribution in [-0.2, 0) is 16.1 Å². The summed E-state index contributed by atoms with van der Waals surface area (Å²) in [6.07, 6.45) is 0. The molecule has 6 heteroatoms. The maximum absolute atomic E-state index is 5.19. The van der Waals surface area contributed by atoms with Gasteiger partial charge >= 0.3 is 0 Å². The molecule has 0 atom stereocenters. The molecule has 68 valence electrons. The fourth-order valence-electron chi connectivity index (χ4n) is 0.684. The predicted molar refractivity (Wildman–Crippen MR) is 45.3 cm³/mol. The lowest BCUT2D eigenvalue weighted by molar-refractivity contribution is 0.0587. The minimum Gasteiger partial charge on any atom is -0.382 e. The number of aromatic nitrogens is 3. The van der Waals surface area contributed by atoms with Crippen LogP contribution in [0.1, 0.15) is 5.82 Å². The third kappa shape index (κ3) is 3.12. The van der Waals surface area contributed by atoms with Crippen molar-refractivity contribution in [3.63, 3.8) is 0 Å². The number of H-pyrrole nitrogens is 2. The van der Waals surface area contributed by atoms with Crippen molar-refractivity contribution in [2.75, 3.05) is 20.3 Å². The van der Waals surface area contributed by atoms with E-state index in [4.69, 9.17) is 21.7 Å². The Morgan fingerprint density at radius 3 is 2.83 bits per heavy atom. The second-order valence-corrected chi connectivity index (χ2v) is 2.55. The lowest BCUT2D eigenvalue weighted by Gasteiger charge is -1.99. The maximum Gasteiger partial charge on any atom is 0.213 e. The van der Waals surface area contributed by atoms with Gasteiger partial charge in [0, 0.05) is 7.11 Å². The summed E-state index contributed by atoms with van der Waals surface area (Å²) in [6.45, 7) is 1.58. The minimum absolute atomic E-state index is 0.427. The molecule has 0 aromatic carbocycles. The number of aromatic amines is 2. The molecule has 5 nitrogen and oxygen atoms in total. The standard InChI is InChI=1S/C6H11N3O2S/c1-10-2-3-11-4-5-7-6(12)9-8-5/h2-4H2,1H3,(H2,7,8,9,12). The monoisotopic (exact) mass is 189 g/mol. The van der Waals surface area contributed by atoms with E-state index >= 15 is 0 Å². The molecular formula is C6H11N3O2S. The van der Waals surface area contributed by atoms with Crippen molar-refractivity contribution < 1.29 is 9.47 Å². The highest BCUT2D eigenvalue weighted by Crippen LogP contribution is 1.90. The molecule has 0 aliphatic rings. The van der Waals surface area contributed by atoms with Gasteiger partial charge in [0.2, 0.25) is 4.77 Å². The van der Waals surface area contributed by atoms with Gasteiger partial charge in [-0.2, -0.15) is 0 Å². The van der Waals surface area contributed by atoms with E-state index in [0.29, 0.717) is 30.4 Å². The number of nitrogens with one attached hydrogen (secondary N) is 2. The van der Waals surface area contributed by atoms with Crippen LogP contribution in [0.3, 0.4) is 0 Å². The van der Waals surface area contributed by atoms with Crippen LogP contribution in [0.2, 0.25) is 0 Å². The molecule has 1 heterocycles. The predicted octanol–water partition coefficient (Wildman–Crippen LogP) is 0.630. The van der Waals surface area contributed by atoms with Crippen molar-refractivity contribution in [2.45, 2.75) is 6.61 Å². The van der Waals surface area contributed by atoms with Crippen molar-refractivity contribution >= 4 is 12.2 Å². The zero-order chi connectivity index (χ0) is 8.81. The highest BCUT2D eigenvalue weighted by molar-refractivity contribution is 7.71. The zero-order valence-corrected chi connectivity index (χ0v) is 7.61. The van der Waals surface area contributed by atoms with Crippen LogP contribution < -0.4 is 0 Å². The summed E-state index contributed by atoms with van der Waals surface area (Å²) in [7, 11) is 1.63. The van der Waals surface area contributed by atoms with E-state index in [2.05, 4.69) is 15.2 Å². The second-order valence-electron chi connectivity index (χ2n) is 2.16. The first-order chi connectivity index (χ1) is 5.83. The Labute approximate surface area is 75.1 Å². The molecule has 1 aromatic heterocycles. The summed E-state index contributed by atoms with van der Waals surface area (Å²) >= 11 is 4.76. The van der Waals surface area contributed by atoms with Crippen LogP contribution in [-0.4, -0.2) is 35.5 Å². The van der Waals surface area contributed by atoms with Crippen LogP contribution in [0, 0.1) is 4.77 Å². The van der Waals surface area contributed by atoms with E-state index in [1.54, 1.807) is 7.11 Å². The molecule has 2 N–H and O–H groups in total. The van der Waals surface area contributed by atoms with E-state index in [1.807, 2.05) is 0 Å². The SMILES string of the molecule is COCCOCc1nc(=S)[nH][nH]1. The van der Waals surface area contributed by atoms with Crippen LogP contribution in [0.25, 0.3) is 0 Å². The zero-order valence-electron chi connectivity index (χ0n) is 6.79. The molecule has 1 aromatic rings. The molecule has 0 amide bonds. The molecule has 0 aliphatic heterocycles.